The molecule has 1 unspecified atom stereocenters. The van der Waals surface area contributed by atoms with E-state index in [0.717, 1.165) is 4.90 Å². The number of amides is 1. The lowest BCUT2D eigenvalue weighted by atomic mass is 9.96. The Morgan fingerprint density at radius 1 is 1.12 bits per heavy atom. The third-order valence-electron chi connectivity index (χ3n) is 4.44. The molecule has 1 aliphatic rings. The maximum Gasteiger partial charge on any atom is 0.295 e. The molecular weight excluding hydrogens is 330 g/mol. The molecule has 1 aromatic carbocycles. The predicted molar refractivity (Wildman–Crippen MR) is 94.7 cm³/mol. The number of quaternary nitrogens is 1. The second-order valence-electron chi connectivity index (χ2n) is 6.58. The number of ketones is 1. The zero-order chi connectivity index (χ0) is 18.7. The van der Waals surface area contributed by atoms with E-state index in [-0.39, 0.29) is 5.57 Å². The molecule has 2 heterocycles. The first-order chi connectivity index (χ1) is 12.5. The van der Waals surface area contributed by atoms with E-state index in [9.17, 15) is 14.7 Å². The molecule has 1 aromatic heterocycles. The highest BCUT2D eigenvalue weighted by Gasteiger charge is 2.44. The molecule has 134 valence electrons. The molecule has 0 spiro atoms. The van der Waals surface area contributed by atoms with Crippen molar-refractivity contribution in [1.29, 1.82) is 0 Å². The number of likely N-dealkylation sites (tertiary alicyclic amines) is 1. The number of pyridine rings is 1. The molecule has 1 saturated heterocycles. The van der Waals surface area contributed by atoms with E-state index in [2.05, 4.69) is 4.98 Å². The van der Waals surface area contributed by atoms with Crippen LogP contribution in [0, 0.1) is 0 Å². The number of carbonyl (C=O) groups excluding carboxylic acids is 2. The zero-order valence-corrected chi connectivity index (χ0v) is 14.8. The van der Waals surface area contributed by atoms with Crippen molar-refractivity contribution in [3.05, 3.63) is 71.6 Å². The average Bonchev–Trinajstić information content (AvgIpc) is 2.91. The van der Waals surface area contributed by atoms with Crippen LogP contribution < -0.4 is 10.0 Å². The Morgan fingerprint density at radius 3 is 2.38 bits per heavy atom. The molecule has 0 aliphatic carbocycles. The summed E-state index contributed by atoms with van der Waals surface area (Å²) >= 11 is 0. The van der Waals surface area contributed by atoms with Crippen molar-refractivity contribution in [1.82, 2.24) is 9.88 Å². The SMILES string of the molecule is C[NH+](C)CCN1C(=O)C(=O)/C(=C(/[O-])c2ccccc2)C1c1ccncc1. The van der Waals surface area contributed by atoms with Crippen LogP contribution in [0.1, 0.15) is 17.2 Å². The summed E-state index contributed by atoms with van der Waals surface area (Å²) in [7, 11) is 3.95. The van der Waals surface area contributed by atoms with E-state index in [1.165, 1.54) is 4.90 Å². The summed E-state index contributed by atoms with van der Waals surface area (Å²) in [5, 5.41) is 13.0. The number of nitrogens with one attached hydrogen (secondary N) is 1. The van der Waals surface area contributed by atoms with Gasteiger partial charge in [0.15, 0.2) is 0 Å². The van der Waals surface area contributed by atoms with Crippen LogP contribution in [-0.2, 0) is 9.59 Å². The van der Waals surface area contributed by atoms with Crippen LogP contribution in [-0.4, -0.2) is 48.8 Å². The summed E-state index contributed by atoms with van der Waals surface area (Å²) in [6.45, 7) is 1.07. The second kappa shape index (κ2) is 7.49. The summed E-state index contributed by atoms with van der Waals surface area (Å²) in [5.74, 6) is -1.73. The van der Waals surface area contributed by atoms with Gasteiger partial charge in [-0.1, -0.05) is 36.1 Å². The monoisotopic (exact) mass is 351 g/mol. The maximum absolute atomic E-state index is 13.0. The first-order valence-electron chi connectivity index (χ1n) is 8.51. The van der Waals surface area contributed by atoms with Gasteiger partial charge in [-0.05, 0) is 23.3 Å². The third-order valence-corrected chi connectivity index (χ3v) is 4.44. The Balaban J connectivity index is 2.12. The number of aromatic nitrogens is 1. The highest BCUT2D eigenvalue weighted by atomic mass is 16.3. The fraction of sp³-hybridized carbons (Fsp3) is 0.250. The van der Waals surface area contributed by atoms with E-state index in [0.29, 0.717) is 24.2 Å². The summed E-state index contributed by atoms with van der Waals surface area (Å²) in [4.78, 5) is 32.0. The second-order valence-corrected chi connectivity index (χ2v) is 6.58. The van der Waals surface area contributed by atoms with Gasteiger partial charge in [-0.15, -0.1) is 0 Å². The van der Waals surface area contributed by atoms with Crippen molar-refractivity contribution < 1.29 is 19.6 Å². The van der Waals surface area contributed by atoms with E-state index < -0.39 is 23.5 Å². The highest BCUT2D eigenvalue weighted by molar-refractivity contribution is 6.46. The quantitative estimate of drug-likeness (QED) is 0.445. The fourth-order valence-corrected chi connectivity index (χ4v) is 3.08. The predicted octanol–water partition coefficient (Wildman–Crippen LogP) is -0.550. The average molecular weight is 351 g/mol. The highest BCUT2D eigenvalue weighted by Crippen LogP contribution is 2.37. The van der Waals surface area contributed by atoms with Crippen molar-refractivity contribution in [2.24, 2.45) is 0 Å². The van der Waals surface area contributed by atoms with Gasteiger partial charge >= 0.3 is 0 Å². The standard InChI is InChI=1S/C20H21N3O3/c1-22(2)12-13-23-17(14-8-10-21-11-9-14)16(19(25)20(23)26)18(24)15-6-4-3-5-7-15/h3-11,17,24H,12-13H2,1-2H3/b18-16+. The molecule has 1 fully saturated rings. The molecule has 1 atom stereocenters. The molecule has 2 aromatic rings. The summed E-state index contributed by atoms with van der Waals surface area (Å²) in [6.07, 6.45) is 3.20. The normalized spacial score (nSPS) is 19.3. The van der Waals surface area contributed by atoms with Gasteiger partial charge in [-0.3, -0.25) is 14.6 Å². The molecule has 3 rings (SSSR count). The maximum atomic E-state index is 13.0. The minimum Gasteiger partial charge on any atom is -0.872 e. The van der Waals surface area contributed by atoms with Gasteiger partial charge in [0.25, 0.3) is 5.91 Å². The van der Waals surface area contributed by atoms with Crippen molar-refractivity contribution in [3.8, 4) is 0 Å². The smallest absolute Gasteiger partial charge is 0.295 e. The van der Waals surface area contributed by atoms with Crippen LogP contribution in [0.15, 0.2) is 60.4 Å². The van der Waals surface area contributed by atoms with Crippen LogP contribution in [0.25, 0.3) is 5.76 Å². The Hall–Kier alpha value is -2.99. The first-order valence-corrected chi connectivity index (χ1v) is 8.51. The number of hydrogen-bond acceptors (Lipinski definition) is 4. The van der Waals surface area contributed by atoms with E-state index in [1.54, 1.807) is 54.9 Å². The number of likely N-dealkylation sites (N-methyl/N-ethyl adjacent to an activating group) is 1. The van der Waals surface area contributed by atoms with Crippen LogP contribution in [0.2, 0.25) is 0 Å². The number of Topliss-reactive ketones (excluding diaryl/α,β-unsaturated/α-hetero) is 1. The van der Waals surface area contributed by atoms with Gasteiger partial charge in [0.05, 0.1) is 33.2 Å². The van der Waals surface area contributed by atoms with E-state index in [4.69, 9.17) is 0 Å². The largest absolute Gasteiger partial charge is 0.872 e. The van der Waals surface area contributed by atoms with Gasteiger partial charge in [0.1, 0.15) is 0 Å². The molecule has 1 N–H and O–H groups in total. The molecule has 0 saturated carbocycles. The lowest BCUT2D eigenvalue weighted by Crippen LogP contribution is -3.06. The Morgan fingerprint density at radius 2 is 1.77 bits per heavy atom. The Kier molecular flexibility index (Phi) is 5.14. The van der Waals surface area contributed by atoms with Crippen LogP contribution in [0.5, 0.6) is 0 Å². The fourth-order valence-electron chi connectivity index (χ4n) is 3.08. The topological polar surface area (TPSA) is 77.8 Å². The van der Waals surface area contributed by atoms with Gasteiger partial charge < -0.3 is 14.9 Å². The molecule has 6 nitrogen and oxygen atoms in total. The van der Waals surface area contributed by atoms with E-state index >= 15 is 0 Å². The van der Waals surface area contributed by atoms with Crippen molar-refractivity contribution in [2.45, 2.75) is 6.04 Å². The minimum absolute atomic E-state index is 0.0150. The lowest BCUT2D eigenvalue weighted by molar-refractivity contribution is -0.857. The summed E-state index contributed by atoms with van der Waals surface area (Å²) < 4.78 is 0. The lowest BCUT2D eigenvalue weighted by Gasteiger charge is -2.27. The number of hydrogen-bond donors (Lipinski definition) is 1. The molecule has 1 amide bonds. The Labute approximate surface area is 152 Å². The molecular formula is C20H21N3O3. The minimum atomic E-state index is -0.713. The van der Waals surface area contributed by atoms with Gasteiger partial charge in [-0.2, -0.15) is 0 Å². The number of rotatable bonds is 5. The van der Waals surface area contributed by atoms with Crippen LogP contribution >= 0.6 is 0 Å². The molecule has 0 radical (unpaired) electrons. The van der Waals surface area contributed by atoms with Crippen molar-refractivity contribution >= 4 is 17.4 Å². The molecule has 0 bridgehead atoms. The molecule has 26 heavy (non-hydrogen) atoms. The van der Waals surface area contributed by atoms with Gasteiger partial charge in [0.2, 0.25) is 5.78 Å². The number of nitrogens with zero attached hydrogens (tertiary/aromatic N) is 2. The summed E-state index contributed by atoms with van der Waals surface area (Å²) in [5.41, 5.74) is 1.14. The Bertz CT molecular complexity index is 832. The number of benzene rings is 1. The van der Waals surface area contributed by atoms with E-state index in [1.807, 2.05) is 14.1 Å². The van der Waals surface area contributed by atoms with Crippen molar-refractivity contribution in [3.63, 3.8) is 0 Å². The third kappa shape index (κ3) is 3.36. The first kappa shape index (κ1) is 17.8. The molecule has 1 aliphatic heterocycles. The number of carbonyl (C=O) groups is 2. The van der Waals surface area contributed by atoms with Crippen LogP contribution in [0.4, 0.5) is 0 Å². The van der Waals surface area contributed by atoms with Crippen LogP contribution in [0.3, 0.4) is 0 Å². The van der Waals surface area contributed by atoms with Gasteiger partial charge in [-0.25, -0.2) is 0 Å². The van der Waals surface area contributed by atoms with Gasteiger partial charge in [0, 0.05) is 18.0 Å². The zero-order valence-electron chi connectivity index (χ0n) is 14.8. The summed E-state index contributed by atoms with van der Waals surface area (Å²) in [6, 6.07) is 11.4. The molecule has 6 heteroatoms. The van der Waals surface area contributed by atoms with Crippen molar-refractivity contribution in [2.75, 3.05) is 27.2 Å².